The Kier molecular flexibility index (Phi) is 4.53. The first-order valence-electron chi connectivity index (χ1n) is 8.92. The van der Waals surface area contributed by atoms with Crippen LogP contribution in [0.2, 0.25) is 5.02 Å². The van der Waals surface area contributed by atoms with Gasteiger partial charge in [0.05, 0.1) is 26.2 Å². The number of hydrogen-bond donors (Lipinski definition) is 2. The summed E-state index contributed by atoms with van der Waals surface area (Å²) in [7, 11) is 3.11. The normalized spacial score (nSPS) is 15.6. The van der Waals surface area contributed by atoms with Gasteiger partial charge in [-0.2, -0.15) is 0 Å². The van der Waals surface area contributed by atoms with Crippen molar-refractivity contribution in [1.29, 1.82) is 0 Å². The van der Waals surface area contributed by atoms with E-state index in [1.807, 2.05) is 18.2 Å². The zero-order valence-electron chi connectivity index (χ0n) is 15.3. The van der Waals surface area contributed by atoms with E-state index in [9.17, 15) is 9.59 Å². The van der Waals surface area contributed by atoms with Gasteiger partial charge in [0.15, 0.2) is 11.5 Å². The Balaban J connectivity index is 1.49. The molecule has 0 atom stereocenters. The second-order valence-electron chi connectivity index (χ2n) is 6.98. The predicted octanol–water partition coefficient (Wildman–Crippen LogP) is -0.481. The van der Waals surface area contributed by atoms with Crippen molar-refractivity contribution in [2.45, 2.75) is 6.54 Å². The molecule has 0 radical (unpaired) electrons. The fraction of sp³-hybridized carbons (Fsp3) is 0.389. The maximum atomic E-state index is 12.3. The Morgan fingerprint density at radius 2 is 1.93 bits per heavy atom. The van der Waals surface area contributed by atoms with Crippen LogP contribution in [0.15, 0.2) is 33.9 Å². The number of aromatic nitrogens is 4. The molecule has 0 aliphatic carbocycles. The van der Waals surface area contributed by atoms with Gasteiger partial charge in [0, 0.05) is 24.8 Å². The van der Waals surface area contributed by atoms with Gasteiger partial charge >= 0.3 is 5.69 Å². The molecule has 1 aliphatic rings. The first-order chi connectivity index (χ1) is 12.9. The van der Waals surface area contributed by atoms with Crippen molar-refractivity contribution >= 4 is 28.5 Å². The van der Waals surface area contributed by atoms with Crippen LogP contribution >= 0.6 is 11.6 Å². The number of aryl methyl sites for hydroxylation is 1. The number of halogens is 1. The Morgan fingerprint density at radius 3 is 2.63 bits per heavy atom. The number of rotatable bonds is 3. The van der Waals surface area contributed by atoms with Crippen LogP contribution in [0.5, 0.6) is 0 Å². The lowest BCUT2D eigenvalue weighted by Gasteiger charge is -2.33. The number of imidazole rings is 1. The molecule has 8 nitrogen and oxygen atoms in total. The number of H-pyrrole nitrogens is 1. The minimum atomic E-state index is -0.368. The molecule has 27 heavy (non-hydrogen) atoms. The maximum absolute atomic E-state index is 12.3. The average Bonchev–Trinajstić information content (AvgIpc) is 3.09. The summed E-state index contributed by atoms with van der Waals surface area (Å²) in [5.74, 6) is 0.731. The number of nitrogens with one attached hydrogen (secondary N) is 2. The van der Waals surface area contributed by atoms with E-state index in [0.717, 1.165) is 47.3 Å². The third-order valence-corrected chi connectivity index (χ3v) is 5.44. The SMILES string of the molecule is Cn1c(=O)c2[nH]c(C[NH+]3CCN(c4cccc(Cl)c4)CC3)nc2n(C)c1=O. The second kappa shape index (κ2) is 6.86. The fourth-order valence-corrected chi connectivity index (χ4v) is 3.81. The summed E-state index contributed by atoms with van der Waals surface area (Å²) in [6.07, 6.45) is 0. The molecule has 142 valence electrons. The van der Waals surface area contributed by atoms with Crippen molar-refractivity contribution in [2.24, 2.45) is 14.1 Å². The highest BCUT2D eigenvalue weighted by Gasteiger charge is 2.22. The van der Waals surface area contributed by atoms with Crippen molar-refractivity contribution in [3.05, 3.63) is 56.0 Å². The molecule has 0 bridgehead atoms. The van der Waals surface area contributed by atoms with Crippen molar-refractivity contribution < 1.29 is 4.90 Å². The molecule has 0 saturated carbocycles. The standard InChI is InChI=1S/C18H21ClN6O2/c1-22-16-15(17(26)23(2)18(22)27)20-14(21-16)11-24-6-8-25(9-7-24)13-5-3-4-12(19)10-13/h3-5,10H,6-9,11H2,1-2H3,(H,20,21)/p+1. The number of benzene rings is 1. The highest BCUT2D eigenvalue weighted by Crippen LogP contribution is 2.19. The van der Waals surface area contributed by atoms with Gasteiger partial charge in [0.2, 0.25) is 0 Å². The van der Waals surface area contributed by atoms with Crippen LogP contribution in [0, 0.1) is 0 Å². The molecule has 1 saturated heterocycles. The molecule has 2 N–H and O–H groups in total. The summed E-state index contributed by atoms with van der Waals surface area (Å²) in [4.78, 5) is 35.7. The molecule has 1 aliphatic heterocycles. The molecule has 0 spiro atoms. The third kappa shape index (κ3) is 3.26. The van der Waals surface area contributed by atoms with E-state index >= 15 is 0 Å². The van der Waals surface area contributed by atoms with E-state index in [0.29, 0.717) is 17.7 Å². The van der Waals surface area contributed by atoms with E-state index in [2.05, 4.69) is 20.9 Å². The summed E-state index contributed by atoms with van der Waals surface area (Å²) in [6, 6.07) is 7.91. The van der Waals surface area contributed by atoms with E-state index < -0.39 is 0 Å². The number of anilines is 1. The number of fused-ring (bicyclic) bond motifs is 1. The minimum absolute atomic E-state index is 0.340. The second-order valence-corrected chi connectivity index (χ2v) is 7.42. The van der Waals surface area contributed by atoms with Gasteiger partial charge in [-0.05, 0) is 18.2 Å². The largest absolute Gasteiger partial charge is 0.360 e. The van der Waals surface area contributed by atoms with Gasteiger partial charge in [-0.15, -0.1) is 0 Å². The summed E-state index contributed by atoms with van der Waals surface area (Å²) in [6.45, 7) is 4.46. The van der Waals surface area contributed by atoms with Crippen LogP contribution in [-0.4, -0.2) is 45.3 Å². The molecule has 0 unspecified atom stereocenters. The highest BCUT2D eigenvalue weighted by molar-refractivity contribution is 6.30. The lowest BCUT2D eigenvalue weighted by molar-refractivity contribution is -0.914. The topological polar surface area (TPSA) is 80.4 Å². The average molecular weight is 390 g/mol. The quantitative estimate of drug-likeness (QED) is 0.634. The third-order valence-electron chi connectivity index (χ3n) is 5.21. The van der Waals surface area contributed by atoms with Crippen molar-refractivity contribution in [3.8, 4) is 0 Å². The Labute approximate surface area is 160 Å². The van der Waals surface area contributed by atoms with Gasteiger partial charge in [0.25, 0.3) is 5.56 Å². The number of piperazine rings is 1. The van der Waals surface area contributed by atoms with Gasteiger partial charge in [-0.1, -0.05) is 17.7 Å². The lowest BCUT2D eigenvalue weighted by Crippen LogP contribution is -3.13. The van der Waals surface area contributed by atoms with E-state index in [1.165, 1.54) is 16.5 Å². The maximum Gasteiger partial charge on any atom is 0.332 e. The zero-order chi connectivity index (χ0) is 19.1. The summed E-state index contributed by atoms with van der Waals surface area (Å²) in [5, 5.41) is 0.747. The van der Waals surface area contributed by atoms with Gasteiger partial charge in [-0.3, -0.25) is 13.9 Å². The molecule has 2 aromatic heterocycles. The molecular weight excluding hydrogens is 368 g/mol. The Hall–Kier alpha value is -2.58. The number of quaternary nitrogens is 1. The predicted molar refractivity (Wildman–Crippen MR) is 105 cm³/mol. The van der Waals surface area contributed by atoms with E-state index in [-0.39, 0.29) is 11.2 Å². The Bertz CT molecular complexity index is 1110. The van der Waals surface area contributed by atoms with E-state index in [4.69, 9.17) is 11.6 Å². The molecule has 3 aromatic rings. The van der Waals surface area contributed by atoms with Crippen molar-refractivity contribution in [1.82, 2.24) is 19.1 Å². The smallest absolute Gasteiger partial charge is 0.332 e. The molecule has 1 aromatic carbocycles. The molecule has 1 fully saturated rings. The Morgan fingerprint density at radius 1 is 1.19 bits per heavy atom. The first kappa shape index (κ1) is 17.8. The highest BCUT2D eigenvalue weighted by atomic mass is 35.5. The van der Waals surface area contributed by atoms with Crippen LogP contribution in [0.25, 0.3) is 11.2 Å². The molecule has 3 heterocycles. The van der Waals surface area contributed by atoms with Crippen LogP contribution in [0.4, 0.5) is 5.69 Å². The van der Waals surface area contributed by atoms with E-state index in [1.54, 1.807) is 7.05 Å². The van der Waals surface area contributed by atoms with Crippen molar-refractivity contribution in [2.75, 3.05) is 31.1 Å². The number of hydrogen-bond acceptors (Lipinski definition) is 4. The lowest BCUT2D eigenvalue weighted by atomic mass is 10.2. The van der Waals surface area contributed by atoms with Gasteiger partial charge in [-0.25, -0.2) is 9.78 Å². The molecule has 0 amide bonds. The zero-order valence-corrected chi connectivity index (χ0v) is 16.1. The first-order valence-corrected chi connectivity index (χ1v) is 9.30. The molecule has 4 rings (SSSR count). The molecule has 9 heteroatoms. The summed E-state index contributed by atoms with van der Waals surface area (Å²) >= 11 is 6.09. The monoisotopic (exact) mass is 389 g/mol. The number of nitrogens with zero attached hydrogens (tertiary/aromatic N) is 4. The fourth-order valence-electron chi connectivity index (χ4n) is 3.63. The van der Waals surface area contributed by atoms with Crippen LogP contribution < -0.4 is 21.0 Å². The molecular formula is C18H22ClN6O2+. The van der Waals surface area contributed by atoms with Crippen LogP contribution in [0.1, 0.15) is 5.82 Å². The van der Waals surface area contributed by atoms with Crippen molar-refractivity contribution in [3.63, 3.8) is 0 Å². The summed E-state index contributed by atoms with van der Waals surface area (Å²) in [5.41, 5.74) is 1.23. The van der Waals surface area contributed by atoms with Crippen LogP contribution in [0.3, 0.4) is 0 Å². The minimum Gasteiger partial charge on any atom is -0.360 e. The number of aromatic amines is 1. The summed E-state index contributed by atoms with van der Waals surface area (Å²) < 4.78 is 2.50. The van der Waals surface area contributed by atoms with Crippen LogP contribution in [-0.2, 0) is 20.6 Å². The van der Waals surface area contributed by atoms with Gasteiger partial charge in [0.1, 0.15) is 12.1 Å². The van der Waals surface area contributed by atoms with Gasteiger partial charge < -0.3 is 14.8 Å².